The second-order valence-electron chi connectivity index (χ2n) is 6.00. The molecule has 2 atom stereocenters. The van der Waals surface area contributed by atoms with Crippen LogP contribution < -0.4 is 5.32 Å². The minimum Gasteiger partial charge on any atom is -0.319 e. The third-order valence-corrected chi connectivity index (χ3v) is 4.54. The summed E-state index contributed by atoms with van der Waals surface area (Å²) in [5, 5.41) is 3.20. The van der Waals surface area contributed by atoms with Gasteiger partial charge in [0.05, 0.1) is 6.04 Å². The average molecular weight is 294 g/mol. The van der Waals surface area contributed by atoms with Crippen molar-refractivity contribution in [3.63, 3.8) is 0 Å². The molecule has 1 amide bonds. The average Bonchev–Trinajstić information content (AvgIpc) is 2.79. The van der Waals surface area contributed by atoms with E-state index in [0.29, 0.717) is 5.56 Å². The monoisotopic (exact) mass is 294 g/mol. The Labute approximate surface area is 123 Å². The second-order valence-corrected chi connectivity index (χ2v) is 6.00. The molecule has 1 saturated heterocycles. The molecule has 2 fully saturated rings. The zero-order chi connectivity index (χ0) is 15.0. The Morgan fingerprint density at radius 3 is 2.52 bits per heavy atom. The molecule has 0 bridgehead atoms. The van der Waals surface area contributed by atoms with Gasteiger partial charge in [0.15, 0.2) is 11.6 Å². The summed E-state index contributed by atoms with van der Waals surface area (Å²) in [5.74, 6) is -1.68. The summed E-state index contributed by atoms with van der Waals surface area (Å²) in [6, 6.07) is 3.77. The molecule has 2 unspecified atom stereocenters. The largest absolute Gasteiger partial charge is 0.319 e. The highest BCUT2D eigenvalue weighted by atomic mass is 19.2. The van der Waals surface area contributed by atoms with E-state index in [1.165, 1.54) is 12.5 Å². The van der Waals surface area contributed by atoms with E-state index < -0.39 is 11.6 Å². The summed E-state index contributed by atoms with van der Waals surface area (Å²) >= 11 is 0. The number of hydrogen-bond acceptors (Lipinski definition) is 2. The van der Waals surface area contributed by atoms with Crippen molar-refractivity contribution in [1.82, 2.24) is 10.2 Å². The number of benzene rings is 1. The van der Waals surface area contributed by atoms with Gasteiger partial charge in [-0.3, -0.25) is 10.1 Å². The summed E-state index contributed by atoms with van der Waals surface area (Å²) in [6.07, 6.45) is 5.06. The molecule has 3 rings (SSSR count). The van der Waals surface area contributed by atoms with E-state index in [2.05, 4.69) is 5.32 Å². The van der Waals surface area contributed by atoms with Crippen LogP contribution in [0, 0.1) is 11.6 Å². The van der Waals surface area contributed by atoms with Gasteiger partial charge in [-0.05, 0) is 37.5 Å². The highest BCUT2D eigenvalue weighted by Gasteiger charge is 2.41. The molecule has 114 valence electrons. The van der Waals surface area contributed by atoms with Gasteiger partial charge in [-0.15, -0.1) is 0 Å². The minimum absolute atomic E-state index is 0.0524. The van der Waals surface area contributed by atoms with Gasteiger partial charge in [0.2, 0.25) is 5.91 Å². The van der Waals surface area contributed by atoms with Crippen molar-refractivity contribution in [1.29, 1.82) is 0 Å². The zero-order valence-electron chi connectivity index (χ0n) is 12.1. The molecule has 1 aromatic rings. The van der Waals surface area contributed by atoms with Crippen LogP contribution in [-0.2, 0) is 4.79 Å². The van der Waals surface area contributed by atoms with Gasteiger partial charge in [0.1, 0.15) is 6.17 Å². The van der Waals surface area contributed by atoms with Crippen molar-refractivity contribution in [2.24, 2.45) is 0 Å². The van der Waals surface area contributed by atoms with Gasteiger partial charge in [-0.1, -0.05) is 25.3 Å². The normalized spacial score (nSPS) is 27.4. The van der Waals surface area contributed by atoms with Crippen LogP contribution in [0.1, 0.15) is 50.8 Å². The van der Waals surface area contributed by atoms with Gasteiger partial charge in [0.25, 0.3) is 0 Å². The van der Waals surface area contributed by atoms with Gasteiger partial charge < -0.3 is 4.90 Å². The molecule has 1 aliphatic carbocycles. The molecule has 21 heavy (non-hydrogen) atoms. The van der Waals surface area contributed by atoms with E-state index in [-0.39, 0.29) is 24.2 Å². The van der Waals surface area contributed by atoms with Crippen molar-refractivity contribution in [2.75, 3.05) is 0 Å². The lowest BCUT2D eigenvalue weighted by Gasteiger charge is -2.35. The number of halogens is 2. The first-order valence-corrected chi connectivity index (χ1v) is 7.61. The molecule has 1 saturated carbocycles. The lowest BCUT2D eigenvalue weighted by atomic mass is 9.93. The predicted molar refractivity (Wildman–Crippen MR) is 75.4 cm³/mol. The minimum atomic E-state index is -0.870. The Balaban J connectivity index is 1.90. The van der Waals surface area contributed by atoms with E-state index in [1.807, 2.05) is 11.8 Å². The number of nitrogens with zero attached hydrogens (tertiary/aromatic N) is 1. The van der Waals surface area contributed by atoms with Crippen molar-refractivity contribution in [3.05, 3.63) is 35.4 Å². The number of nitrogens with one attached hydrogen (secondary N) is 1. The molecular weight excluding hydrogens is 274 g/mol. The molecule has 0 spiro atoms. The van der Waals surface area contributed by atoms with Crippen LogP contribution in [0.2, 0.25) is 0 Å². The quantitative estimate of drug-likeness (QED) is 0.909. The summed E-state index contributed by atoms with van der Waals surface area (Å²) in [4.78, 5) is 14.3. The molecule has 1 aromatic carbocycles. The van der Waals surface area contributed by atoms with E-state index in [0.717, 1.165) is 31.7 Å². The van der Waals surface area contributed by atoms with Crippen LogP contribution in [0.25, 0.3) is 0 Å². The van der Waals surface area contributed by atoms with Crippen LogP contribution in [-0.4, -0.2) is 22.9 Å². The first kappa shape index (κ1) is 14.4. The number of hydrogen-bond donors (Lipinski definition) is 1. The smallest absolute Gasteiger partial charge is 0.241 e. The van der Waals surface area contributed by atoms with Crippen LogP contribution in [0.15, 0.2) is 18.2 Å². The number of rotatable bonds is 2. The van der Waals surface area contributed by atoms with Crippen molar-refractivity contribution >= 4 is 5.91 Å². The topological polar surface area (TPSA) is 32.3 Å². The van der Waals surface area contributed by atoms with Crippen molar-refractivity contribution in [3.8, 4) is 0 Å². The van der Waals surface area contributed by atoms with E-state index in [4.69, 9.17) is 0 Å². The maximum atomic E-state index is 13.5. The second kappa shape index (κ2) is 5.72. The van der Waals surface area contributed by atoms with Crippen LogP contribution in [0.3, 0.4) is 0 Å². The highest BCUT2D eigenvalue weighted by Crippen LogP contribution is 2.33. The van der Waals surface area contributed by atoms with E-state index in [9.17, 15) is 13.6 Å². The van der Waals surface area contributed by atoms with Crippen LogP contribution in [0.4, 0.5) is 8.78 Å². The van der Waals surface area contributed by atoms with Gasteiger partial charge in [0, 0.05) is 6.04 Å². The van der Waals surface area contributed by atoms with Crippen molar-refractivity contribution < 1.29 is 13.6 Å². The molecule has 2 aliphatic rings. The molecule has 1 aliphatic heterocycles. The summed E-state index contributed by atoms with van der Waals surface area (Å²) in [5.41, 5.74) is 0.608. The highest BCUT2D eigenvalue weighted by molar-refractivity contribution is 5.84. The first-order valence-electron chi connectivity index (χ1n) is 7.61. The van der Waals surface area contributed by atoms with E-state index in [1.54, 1.807) is 6.07 Å². The standard InChI is InChI=1S/C16H20F2N2O/c1-10-16(21)20(12-5-3-2-4-6-12)15(19-10)11-7-8-13(17)14(18)9-11/h7-10,12,15,19H,2-6H2,1H3. The maximum Gasteiger partial charge on any atom is 0.241 e. The first-order chi connectivity index (χ1) is 10.1. The fourth-order valence-electron chi connectivity index (χ4n) is 3.43. The van der Waals surface area contributed by atoms with Crippen molar-refractivity contribution in [2.45, 2.75) is 57.3 Å². The van der Waals surface area contributed by atoms with E-state index >= 15 is 0 Å². The molecule has 1 N–H and O–H groups in total. The number of amides is 1. The lowest BCUT2D eigenvalue weighted by Crippen LogP contribution is -2.41. The molecule has 0 radical (unpaired) electrons. The molecule has 5 heteroatoms. The third kappa shape index (κ3) is 2.67. The van der Waals surface area contributed by atoms with Gasteiger partial charge in [-0.2, -0.15) is 0 Å². The molecule has 3 nitrogen and oxygen atoms in total. The third-order valence-electron chi connectivity index (χ3n) is 4.54. The van der Waals surface area contributed by atoms with Crippen LogP contribution >= 0.6 is 0 Å². The SMILES string of the molecule is CC1NC(c2ccc(F)c(F)c2)N(C2CCCCC2)C1=O. The Morgan fingerprint density at radius 2 is 1.86 bits per heavy atom. The fourth-order valence-corrected chi connectivity index (χ4v) is 3.43. The molecule has 1 heterocycles. The number of carbonyl (C=O) groups excluding carboxylic acids is 1. The predicted octanol–water partition coefficient (Wildman–Crippen LogP) is 3.12. The summed E-state index contributed by atoms with van der Waals surface area (Å²) in [7, 11) is 0. The Kier molecular flexibility index (Phi) is 3.93. The summed E-state index contributed by atoms with van der Waals surface area (Å²) < 4.78 is 26.6. The Hall–Kier alpha value is -1.49. The zero-order valence-corrected chi connectivity index (χ0v) is 12.1. The maximum absolute atomic E-state index is 13.5. The van der Waals surface area contributed by atoms with Gasteiger partial charge >= 0.3 is 0 Å². The number of carbonyl (C=O) groups is 1. The fraction of sp³-hybridized carbons (Fsp3) is 0.562. The van der Waals surface area contributed by atoms with Gasteiger partial charge in [-0.25, -0.2) is 8.78 Å². The summed E-state index contributed by atoms with van der Waals surface area (Å²) in [6.45, 7) is 1.82. The molecule has 0 aromatic heterocycles. The van der Waals surface area contributed by atoms with Crippen LogP contribution in [0.5, 0.6) is 0 Å². The Morgan fingerprint density at radius 1 is 1.14 bits per heavy atom. The lowest BCUT2D eigenvalue weighted by molar-refractivity contribution is -0.132. The Bertz CT molecular complexity index is 543. The molecular formula is C16H20F2N2O.